The van der Waals surface area contributed by atoms with Gasteiger partial charge in [-0.05, 0) is 41.0 Å². The van der Waals surface area contributed by atoms with Crippen molar-refractivity contribution in [2.75, 3.05) is 26.6 Å². The van der Waals surface area contributed by atoms with Crippen LogP contribution in [0, 0.1) is 0 Å². The molecule has 2 aromatic rings. The molecule has 1 atom stereocenters. The van der Waals surface area contributed by atoms with E-state index in [4.69, 9.17) is 14.2 Å². The zero-order chi connectivity index (χ0) is 25.3. The number of nitrogens with one attached hydrogen (secondary N) is 1. The van der Waals surface area contributed by atoms with Crippen LogP contribution in [0.2, 0.25) is 0 Å². The summed E-state index contributed by atoms with van der Waals surface area (Å²) < 4.78 is 16.6. The number of benzene rings is 2. The zero-order valence-corrected chi connectivity index (χ0v) is 21.8. The fourth-order valence-corrected chi connectivity index (χ4v) is 4.25. The molecule has 1 amide bonds. The third-order valence-electron chi connectivity index (χ3n) is 6.11. The number of amides is 1. The molecule has 188 valence electrons. The first-order valence-electron chi connectivity index (χ1n) is 12.0. The number of aliphatic hydroxyl groups excluding tert-OH is 1. The molecule has 6 nitrogen and oxygen atoms in total. The van der Waals surface area contributed by atoms with Crippen LogP contribution in [0.1, 0.15) is 82.4 Å². The molecule has 0 aliphatic carbocycles. The van der Waals surface area contributed by atoms with Crippen molar-refractivity contribution < 1.29 is 24.1 Å². The zero-order valence-electron chi connectivity index (χ0n) is 21.8. The maximum absolute atomic E-state index is 13.3. The summed E-state index contributed by atoms with van der Waals surface area (Å²) in [6, 6.07) is 9.49. The Kier molecular flexibility index (Phi) is 10.2. The van der Waals surface area contributed by atoms with Crippen molar-refractivity contribution in [2.45, 2.75) is 77.7 Å². The second-order valence-electron chi connectivity index (χ2n) is 9.68. The first-order chi connectivity index (χ1) is 16.2. The van der Waals surface area contributed by atoms with Gasteiger partial charge in [0.15, 0.2) is 11.5 Å². The van der Waals surface area contributed by atoms with Gasteiger partial charge in [-0.25, -0.2) is 0 Å². The van der Waals surface area contributed by atoms with E-state index in [0.29, 0.717) is 23.7 Å². The molecular weight excluding hydrogens is 430 g/mol. The van der Waals surface area contributed by atoms with Gasteiger partial charge in [0.2, 0.25) is 5.91 Å². The lowest BCUT2D eigenvalue weighted by molar-refractivity contribution is -0.116. The Morgan fingerprint density at radius 2 is 1.62 bits per heavy atom. The van der Waals surface area contributed by atoms with Crippen molar-refractivity contribution in [3.63, 3.8) is 0 Å². The average molecular weight is 472 g/mol. The molecule has 0 aromatic heterocycles. The van der Waals surface area contributed by atoms with Crippen LogP contribution < -0.4 is 19.5 Å². The third-order valence-corrected chi connectivity index (χ3v) is 6.11. The maximum Gasteiger partial charge on any atom is 0.224 e. The predicted octanol–water partition coefficient (Wildman–Crippen LogP) is 6.19. The Labute approximate surface area is 204 Å². The lowest BCUT2D eigenvalue weighted by Gasteiger charge is -2.25. The van der Waals surface area contributed by atoms with Gasteiger partial charge in [0.05, 0.1) is 27.9 Å². The normalized spacial score (nSPS) is 12.2. The van der Waals surface area contributed by atoms with Gasteiger partial charge in [-0.1, -0.05) is 59.1 Å². The summed E-state index contributed by atoms with van der Waals surface area (Å²) in [5, 5.41) is 12.7. The van der Waals surface area contributed by atoms with Crippen molar-refractivity contribution in [3.8, 4) is 17.2 Å². The molecule has 0 saturated carbocycles. The number of rotatable bonds is 12. The van der Waals surface area contributed by atoms with Crippen LogP contribution in [-0.2, 0) is 16.8 Å². The summed E-state index contributed by atoms with van der Waals surface area (Å²) >= 11 is 0. The number of hydrogen-bond acceptors (Lipinski definition) is 5. The van der Waals surface area contributed by atoms with Gasteiger partial charge in [0, 0.05) is 23.7 Å². The molecule has 0 spiro atoms. The number of hydrogen-bond donors (Lipinski definition) is 2. The highest BCUT2D eigenvalue weighted by atomic mass is 16.5. The number of anilines is 1. The Hall–Kier alpha value is -2.73. The van der Waals surface area contributed by atoms with Crippen LogP contribution in [0.5, 0.6) is 17.2 Å². The number of unbranched alkanes of at least 4 members (excludes halogenated alkanes) is 2. The fourth-order valence-electron chi connectivity index (χ4n) is 4.25. The van der Waals surface area contributed by atoms with Crippen LogP contribution in [0.15, 0.2) is 30.3 Å². The highest BCUT2D eigenvalue weighted by Crippen LogP contribution is 2.41. The van der Waals surface area contributed by atoms with E-state index in [1.54, 1.807) is 21.3 Å². The van der Waals surface area contributed by atoms with Crippen molar-refractivity contribution in [3.05, 3.63) is 47.0 Å². The second-order valence-corrected chi connectivity index (χ2v) is 9.68. The summed E-state index contributed by atoms with van der Waals surface area (Å²) in [5.74, 6) is 1.78. The summed E-state index contributed by atoms with van der Waals surface area (Å²) in [5.41, 5.74) is 3.33. The summed E-state index contributed by atoms with van der Waals surface area (Å²) in [6.07, 6.45) is 4.38. The van der Waals surface area contributed by atoms with Gasteiger partial charge >= 0.3 is 0 Å². The molecule has 2 aromatic carbocycles. The van der Waals surface area contributed by atoms with E-state index in [-0.39, 0.29) is 23.8 Å². The van der Waals surface area contributed by atoms with Gasteiger partial charge in [0.1, 0.15) is 5.75 Å². The molecule has 0 heterocycles. The largest absolute Gasteiger partial charge is 0.496 e. The first kappa shape index (κ1) is 27.5. The molecule has 2 rings (SSSR count). The Balaban J connectivity index is 2.39. The van der Waals surface area contributed by atoms with Gasteiger partial charge in [0.25, 0.3) is 0 Å². The number of aliphatic hydroxyl groups is 1. The molecular formula is C28H41NO5. The van der Waals surface area contributed by atoms with Crippen LogP contribution in [0.4, 0.5) is 5.69 Å². The van der Waals surface area contributed by atoms with Crippen molar-refractivity contribution in [2.24, 2.45) is 0 Å². The lowest BCUT2D eigenvalue weighted by atomic mass is 9.85. The van der Waals surface area contributed by atoms with E-state index in [2.05, 4.69) is 33.0 Å². The molecule has 2 N–H and O–H groups in total. The number of carbonyl (C=O) groups excluding carboxylic acids is 1. The van der Waals surface area contributed by atoms with Crippen LogP contribution in [0.25, 0.3) is 0 Å². The van der Waals surface area contributed by atoms with Crippen LogP contribution in [0.3, 0.4) is 0 Å². The highest BCUT2D eigenvalue weighted by Gasteiger charge is 2.24. The Morgan fingerprint density at radius 1 is 0.971 bits per heavy atom. The first-order valence-corrected chi connectivity index (χ1v) is 12.0. The monoisotopic (exact) mass is 471 g/mol. The van der Waals surface area contributed by atoms with Gasteiger partial charge in [-0.2, -0.15) is 0 Å². The molecule has 0 aliphatic rings. The van der Waals surface area contributed by atoms with E-state index >= 15 is 0 Å². The van der Waals surface area contributed by atoms with Crippen LogP contribution >= 0.6 is 0 Å². The highest BCUT2D eigenvalue weighted by molar-refractivity contribution is 5.92. The quantitative estimate of drug-likeness (QED) is 0.361. The van der Waals surface area contributed by atoms with Gasteiger partial charge in [-0.15, -0.1) is 0 Å². The van der Waals surface area contributed by atoms with E-state index in [9.17, 15) is 9.90 Å². The molecule has 0 bridgehead atoms. The standard InChI is InChI=1S/C28H41NO5/c1-8-9-10-11-20(21-16-25(33-6)26(34-7)17-24(21)32-5)15-27(31)29-23-14-19(18-30)12-13-22(23)28(2,3)4/h12-14,16-17,20,30H,8-11,15,18H2,1-7H3,(H,29,31). The SMILES string of the molecule is CCCCCC(CC(=O)Nc1cc(CO)ccc1C(C)(C)C)c1cc(OC)c(OC)cc1OC. The molecule has 0 aliphatic heterocycles. The lowest BCUT2D eigenvalue weighted by Crippen LogP contribution is -2.21. The minimum Gasteiger partial charge on any atom is -0.496 e. The fraction of sp³-hybridized carbons (Fsp3) is 0.536. The summed E-state index contributed by atoms with van der Waals surface area (Å²) in [7, 11) is 4.83. The summed E-state index contributed by atoms with van der Waals surface area (Å²) in [4.78, 5) is 13.3. The van der Waals surface area contributed by atoms with Crippen molar-refractivity contribution in [1.82, 2.24) is 0 Å². The molecule has 6 heteroatoms. The smallest absolute Gasteiger partial charge is 0.224 e. The van der Waals surface area contributed by atoms with E-state index in [1.165, 1.54) is 0 Å². The van der Waals surface area contributed by atoms with Gasteiger partial charge < -0.3 is 24.6 Å². The average Bonchev–Trinajstić information content (AvgIpc) is 2.81. The maximum atomic E-state index is 13.3. The molecule has 0 radical (unpaired) electrons. The Morgan fingerprint density at radius 3 is 2.18 bits per heavy atom. The molecule has 0 saturated heterocycles. The topological polar surface area (TPSA) is 77.0 Å². The number of carbonyl (C=O) groups is 1. The van der Waals surface area contributed by atoms with Crippen LogP contribution in [-0.4, -0.2) is 32.3 Å². The molecule has 34 heavy (non-hydrogen) atoms. The minimum atomic E-state index is -0.149. The summed E-state index contributed by atoms with van der Waals surface area (Å²) in [6.45, 7) is 8.42. The van der Waals surface area contributed by atoms with E-state index < -0.39 is 0 Å². The molecule has 1 unspecified atom stereocenters. The van der Waals surface area contributed by atoms with Gasteiger partial charge in [-0.3, -0.25) is 4.79 Å². The van der Waals surface area contributed by atoms with E-state index in [1.807, 2.05) is 30.3 Å². The second kappa shape index (κ2) is 12.7. The predicted molar refractivity (Wildman–Crippen MR) is 137 cm³/mol. The van der Waals surface area contributed by atoms with Crippen molar-refractivity contribution >= 4 is 11.6 Å². The molecule has 0 fully saturated rings. The van der Waals surface area contributed by atoms with E-state index in [0.717, 1.165) is 48.1 Å². The Bertz CT molecular complexity index is 949. The minimum absolute atomic E-state index is 0.0413. The third kappa shape index (κ3) is 7.13. The number of ether oxygens (including phenoxy) is 3. The van der Waals surface area contributed by atoms with Crippen molar-refractivity contribution in [1.29, 1.82) is 0 Å². The number of methoxy groups -OCH3 is 3.